The van der Waals surface area contributed by atoms with E-state index in [1.165, 1.54) is 24.1 Å². The van der Waals surface area contributed by atoms with Crippen LogP contribution < -0.4 is 5.32 Å². The van der Waals surface area contributed by atoms with Gasteiger partial charge in [0.2, 0.25) is 0 Å². The Balaban J connectivity index is 2.90. The van der Waals surface area contributed by atoms with Crippen molar-refractivity contribution < 1.29 is 0 Å². The molecule has 1 N–H and O–H groups in total. The van der Waals surface area contributed by atoms with E-state index < -0.39 is 0 Å². The predicted octanol–water partition coefficient (Wildman–Crippen LogP) is 4.31. The minimum Gasteiger partial charge on any atom is -0.309 e. The Morgan fingerprint density at radius 1 is 1.26 bits per heavy atom. The SMILES string of the molecule is CCCC(C)CC(NCC)c1snnc1C(C)(C)C. The lowest BCUT2D eigenvalue weighted by Gasteiger charge is -2.24. The first-order valence-corrected chi connectivity index (χ1v) is 8.23. The fraction of sp³-hybridized carbons (Fsp3) is 0.867. The van der Waals surface area contributed by atoms with E-state index in [9.17, 15) is 0 Å². The average molecular weight is 283 g/mol. The van der Waals surface area contributed by atoms with Crippen molar-refractivity contribution in [2.45, 2.75) is 72.3 Å². The quantitative estimate of drug-likeness (QED) is 0.810. The zero-order valence-corrected chi connectivity index (χ0v) is 14.1. The molecule has 1 heterocycles. The van der Waals surface area contributed by atoms with E-state index in [0.717, 1.165) is 18.2 Å². The molecule has 1 aromatic rings. The maximum Gasteiger partial charge on any atom is 0.0857 e. The molecule has 0 aliphatic heterocycles. The summed E-state index contributed by atoms with van der Waals surface area (Å²) >= 11 is 1.56. The summed E-state index contributed by atoms with van der Waals surface area (Å²) in [7, 11) is 0. The van der Waals surface area contributed by atoms with Crippen molar-refractivity contribution in [3.8, 4) is 0 Å². The normalized spacial score (nSPS) is 15.5. The molecule has 0 bridgehead atoms. The highest BCUT2D eigenvalue weighted by molar-refractivity contribution is 7.05. The summed E-state index contributed by atoms with van der Waals surface area (Å²) in [5.74, 6) is 0.740. The molecule has 0 saturated heterocycles. The molecule has 3 nitrogen and oxygen atoms in total. The summed E-state index contributed by atoms with van der Waals surface area (Å²) in [6, 6.07) is 0.403. The highest BCUT2D eigenvalue weighted by Gasteiger charge is 2.27. The van der Waals surface area contributed by atoms with Gasteiger partial charge < -0.3 is 5.32 Å². The van der Waals surface area contributed by atoms with Crippen molar-refractivity contribution in [2.75, 3.05) is 6.54 Å². The Hall–Kier alpha value is -0.480. The van der Waals surface area contributed by atoms with E-state index >= 15 is 0 Å². The maximum atomic E-state index is 4.37. The summed E-state index contributed by atoms with van der Waals surface area (Å²) in [6.07, 6.45) is 3.72. The highest BCUT2D eigenvalue weighted by Crippen LogP contribution is 2.33. The average Bonchev–Trinajstić information content (AvgIpc) is 2.77. The third-order valence-electron chi connectivity index (χ3n) is 3.41. The number of rotatable bonds is 7. The lowest BCUT2D eigenvalue weighted by molar-refractivity contribution is 0.393. The molecule has 0 saturated carbocycles. The summed E-state index contributed by atoms with van der Waals surface area (Å²) in [5.41, 5.74) is 1.23. The molecule has 0 fully saturated rings. The van der Waals surface area contributed by atoms with Gasteiger partial charge in [-0.05, 0) is 30.4 Å². The Kier molecular flexibility index (Phi) is 6.40. The van der Waals surface area contributed by atoms with E-state index in [1.807, 2.05) is 0 Å². The van der Waals surface area contributed by atoms with E-state index in [1.54, 1.807) is 11.5 Å². The van der Waals surface area contributed by atoms with Crippen LogP contribution >= 0.6 is 11.5 Å². The van der Waals surface area contributed by atoms with Gasteiger partial charge in [0, 0.05) is 11.5 Å². The van der Waals surface area contributed by atoms with Gasteiger partial charge in [0.05, 0.1) is 10.6 Å². The molecular formula is C15H29N3S. The van der Waals surface area contributed by atoms with Crippen molar-refractivity contribution >= 4 is 11.5 Å². The van der Waals surface area contributed by atoms with Crippen LogP contribution in [0.15, 0.2) is 0 Å². The molecule has 1 rings (SSSR count). The molecular weight excluding hydrogens is 254 g/mol. The van der Waals surface area contributed by atoms with E-state index in [4.69, 9.17) is 0 Å². The first kappa shape index (κ1) is 16.6. The molecule has 0 aromatic carbocycles. The third kappa shape index (κ3) is 4.84. The monoisotopic (exact) mass is 283 g/mol. The third-order valence-corrected chi connectivity index (χ3v) is 4.25. The predicted molar refractivity (Wildman–Crippen MR) is 83.7 cm³/mol. The molecule has 0 amide bonds. The second-order valence-electron chi connectivity index (χ2n) is 6.48. The molecule has 0 spiro atoms. The molecule has 0 aliphatic carbocycles. The van der Waals surface area contributed by atoms with Gasteiger partial charge in [-0.2, -0.15) is 0 Å². The topological polar surface area (TPSA) is 37.8 Å². The second-order valence-corrected chi connectivity index (χ2v) is 7.26. The Morgan fingerprint density at radius 2 is 1.95 bits per heavy atom. The lowest BCUT2D eigenvalue weighted by atomic mass is 9.88. The maximum absolute atomic E-state index is 4.37. The van der Waals surface area contributed by atoms with Gasteiger partial charge in [-0.25, -0.2) is 0 Å². The van der Waals surface area contributed by atoms with Crippen molar-refractivity contribution in [3.05, 3.63) is 10.6 Å². The molecule has 0 radical (unpaired) electrons. The Labute approximate surface area is 122 Å². The van der Waals surface area contributed by atoms with Gasteiger partial charge in [0.25, 0.3) is 0 Å². The highest BCUT2D eigenvalue weighted by atomic mass is 32.1. The van der Waals surface area contributed by atoms with Gasteiger partial charge in [0.15, 0.2) is 0 Å². The van der Waals surface area contributed by atoms with Crippen molar-refractivity contribution in [3.63, 3.8) is 0 Å². The number of hydrogen-bond donors (Lipinski definition) is 1. The van der Waals surface area contributed by atoms with Gasteiger partial charge in [-0.15, -0.1) is 5.10 Å². The van der Waals surface area contributed by atoms with Gasteiger partial charge in [-0.3, -0.25) is 0 Å². The van der Waals surface area contributed by atoms with Crippen LogP contribution in [-0.2, 0) is 5.41 Å². The Bertz CT molecular complexity index is 368. The zero-order chi connectivity index (χ0) is 14.5. The van der Waals surface area contributed by atoms with Crippen LogP contribution in [0.2, 0.25) is 0 Å². The molecule has 19 heavy (non-hydrogen) atoms. The van der Waals surface area contributed by atoms with Gasteiger partial charge in [0.1, 0.15) is 0 Å². The summed E-state index contributed by atoms with van der Waals surface area (Å²) in [4.78, 5) is 1.33. The first-order valence-electron chi connectivity index (χ1n) is 7.46. The summed E-state index contributed by atoms with van der Waals surface area (Å²) in [6.45, 7) is 14.4. The smallest absolute Gasteiger partial charge is 0.0857 e. The minimum atomic E-state index is 0.0734. The van der Waals surface area contributed by atoms with Crippen LogP contribution in [0, 0.1) is 5.92 Å². The molecule has 2 atom stereocenters. The molecule has 1 aromatic heterocycles. The van der Waals surface area contributed by atoms with Crippen molar-refractivity contribution in [2.24, 2.45) is 5.92 Å². The first-order chi connectivity index (χ1) is 8.90. The summed E-state index contributed by atoms with van der Waals surface area (Å²) in [5, 5.41) is 7.99. The lowest BCUT2D eigenvalue weighted by Crippen LogP contribution is -2.25. The van der Waals surface area contributed by atoms with Crippen LogP contribution in [0.4, 0.5) is 0 Å². The van der Waals surface area contributed by atoms with Crippen LogP contribution in [-0.4, -0.2) is 16.1 Å². The van der Waals surface area contributed by atoms with Crippen LogP contribution in [0.5, 0.6) is 0 Å². The number of aromatic nitrogens is 2. The van der Waals surface area contributed by atoms with Crippen molar-refractivity contribution in [1.29, 1.82) is 0 Å². The van der Waals surface area contributed by atoms with Crippen molar-refractivity contribution in [1.82, 2.24) is 14.9 Å². The molecule has 4 heteroatoms. The van der Waals surface area contributed by atoms with Crippen LogP contribution in [0.1, 0.15) is 77.4 Å². The summed E-state index contributed by atoms with van der Waals surface area (Å²) < 4.78 is 4.20. The second kappa shape index (κ2) is 7.34. The molecule has 2 unspecified atom stereocenters. The number of nitrogens with zero attached hydrogens (tertiary/aromatic N) is 2. The van der Waals surface area contributed by atoms with E-state index in [-0.39, 0.29) is 5.41 Å². The van der Waals surface area contributed by atoms with Crippen LogP contribution in [0.25, 0.3) is 0 Å². The Morgan fingerprint density at radius 3 is 2.47 bits per heavy atom. The van der Waals surface area contributed by atoms with Gasteiger partial charge >= 0.3 is 0 Å². The fourth-order valence-corrected chi connectivity index (χ4v) is 3.44. The minimum absolute atomic E-state index is 0.0734. The standard InChI is InChI=1S/C15H29N3S/c1-7-9-11(3)10-12(16-8-2)13-14(15(4,5)6)17-18-19-13/h11-12,16H,7-10H2,1-6H3. The van der Waals surface area contributed by atoms with E-state index in [2.05, 4.69) is 56.4 Å². The molecule has 0 aliphatic rings. The largest absolute Gasteiger partial charge is 0.309 e. The number of nitrogens with one attached hydrogen (secondary N) is 1. The van der Waals surface area contributed by atoms with Gasteiger partial charge in [-0.1, -0.05) is 58.9 Å². The van der Waals surface area contributed by atoms with E-state index in [0.29, 0.717) is 6.04 Å². The fourth-order valence-electron chi connectivity index (χ4n) is 2.49. The zero-order valence-electron chi connectivity index (χ0n) is 13.3. The number of hydrogen-bond acceptors (Lipinski definition) is 4. The van der Waals surface area contributed by atoms with Crippen LogP contribution in [0.3, 0.4) is 0 Å². The molecule has 110 valence electrons.